The van der Waals surface area contributed by atoms with Crippen LogP contribution < -0.4 is 4.72 Å². The summed E-state index contributed by atoms with van der Waals surface area (Å²) < 4.78 is 34.8. The van der Waals surface area contributed by atoms with Crippen molar-refractivity contribution < 1.29 is 32.6 Å². The predicted octanol–water partition coefficient (Wildman–Crippen LogP) is -0.263. The number of hydrogen-bond donors (Lipinski definition) is 2. The van der Waals surface area contributed by atoms with Gasteiger partial charge in [-0.2, -0.15) is 0 Å². The second-order valence-corrected chi connectivity index (χ2v) is 6.24. The summed E-state index contributed by atoms with van der Waals surface area (Å²) in [7, 11) is -2.61. The lowest BCUT2D eigenvalue weighted by Crippen LogP contribution is -2.42. The number of rotatable bonds is 10. The average Bonchev–Trinajstić information content (AvgIpc) is 2.32. The third-order valence-electron chi connectivity index (χ3n) is 2.29. The molecule has 0 radical (unpaired) electrons. The van der Waals surface area contributed by atoms with E-state index in [2.05, 4.69) is 4.74 Å². The van der Waals surface area contributed by atoms with Gasteiger partial charge in [-0.05, 0) is 20.3 Å². The number of esters is 1. The smallest absolute Gasteiger partial charge is 0.321 e. The molecule has 2 N–H and O–H groups in total. The van der Waals surface area contributed by atoms with Crippen LogP contribution in [0, 0.1) is 0 Å². The fourth-order valence-corrected chi connectivity index (χ4v) is 2.35. The first-order chi connectivity index (χ1) is 9.18. The molecule has 0 aliphatic rings. The molecular formula is C11H21NO7S. The van der Waals surface area contributed by atoms with Crippen LogP contribution in [-0.2, 0) is 29.1 Å². The molecule has 9 heteroatoms. The van der Waals surface area contributed by atoms with Gasteiger partial charge in [0.1, 0.15) is 6.04 Å². The number of sulfonamides is 1. The minimum absolute atomic E-state index is 0.0314. The molecule has 0 amide bonds. The minimum Gasteiger partial charge on any atom is -0.480 e. The van der Waals surface area contributed by atoms with E-state index in [0.29, 0.717) is 0 Å². The third-order valence-corrected chi connectivity index (χ3v) is 3.64. The van der Waals surface area contributed by atoms with E-state index in [9.17, 15) is 18.0 Å². The largest absolute Gasteiger partial charge is 0.480 e. The molecule has 118 valence electrons. The summed E-state index contributed by atoms with van der Waals surface area (Å²) in [5.74, 6) is -2.28. The van der Waals surface area contributed by atoms with Crippen molar-refractivity contribution in [2.24, 2.45) is 0 Å². The molecule has 0 bridgehead atoms. The number of ether oxygens (including phenoxy) is 2. The lowest BCUT2D eigenvalue weighted by molar-refractivity contribution is -0.142. The molecule has 0 heterocycles. The van der Waals surface area contributed by atoms with Crippen molar-refractivity contribution in [2.45, 2.75) is 38.8 Å². The standard InChI is InChI=1S/C11H21NO7S/c1-8(2)19-6-7-20(16,17)12-9(11(14)15)4-5-10(13)18-3/h8-9,12H,4-7H2,1-3H3,(H,14,15)/t9-/m0/s1. The van der Waals surface area contributed by atoms with Crippen LogP contribution in [-0.4, -0.2) is 57.1 Å². The Bertz CT molecular complexity index is 418. The number of carboxylic acid groups (broad SMARTS) is 1. The maximum Gasteiger partial charge on any atom is 0.321 e. The van der Waals surface area contributed by atoms with E-state index in [-0.39, 0.29) is 31.3 Å². The van der Waals surface area contributed by atoms with E-state index in [0.717, 1.165) is 0 Å². The Labute approximate surface area is 118 Å². The molecule has 0 aliphatic heterocycles. The molecule has 0 spiro atoms. The topological polar surface area (TPSA) is 119 Å². The molecule has 0 aromatic carbocycles. The highest BCUT2D eigenvalue weighted by molar-refractivity contribution is 7.89. The van der Waals surface area contributed by atoms with Gasteiger partial charge in [0.15, 0.2) is 0 Å². The molecule has 20 heavy (non-hydrogen) atoms. The SMILES string of the molecule is COC(=O)CC[C@H](NS(=O)(=O)CCOC(C)C)C(=O)O. The molecule has 0 unspecified atom stereocenters. The first-order valence-corrected chi connectivity index (χ1v) is 7.74. The maximum absolute atomic E-state index is 11.7. The van der Waals surface area contributed by atoms with Gasteiger partial charge in [-0.3, -0.25) is 9.59 Å². The molecule has 0 fully saturated rings. The van der Waals surface area contributed by atoms with Crippen LogP contribution >= 0.6 is 0 Å². The van der Waals surface area contributed by atoms with Crippen LogP contribution in [0.2, 0.25) is 0 Å². The Hall–Kier alpha value is -1.19. The van der Waals surface area contributed by atoms with E-state index >= 15 is 0 Å². The van der Waals surface area contributed by atoms with E-state index in [1.165, 1.54) is 7.11 Å². The fourth-order valence-electron chi connectivity index (χ4n) is 1.27. The molecule has 0 saturated carbocycles. The lowest BCUT2D eigenvalue weighted by Gasteiger charge is -2.14. The van der Waals surface area contributed by atoms with Crippen molar-refractivity contribution in [3.63, 3.8) is 0 Å². The Morgan fingerprint density at radius 2 is 1.90 bits per heavy atom. The van der Waals surface area contributed by atoms with Crippen molar-refractivity contribution in [3.05, 3.63) is 0 Å². The average molecular weight is 311 g/mol. The molecular weight excluding hydrogens is 290 g/mol. The van der Waals surface area contributed by atoms with Gasteiger partial charge >= 0.3 is 11.9 Å². The van der Waals surface area contributed by atoms with Gasteiger partial charge in [0.2, 0.25) is 10.0 Å². The second kappa shape index (κ2) is 8.88. The Morgan fingerprint density at radius 3 is 2.35 bits per heavy atom. The van der Waals surface area contributed by atoms with E-state index in [4.69, 9.17) is 9.84 Å². The molecule has 0 aromatic rings. The van der Waals surface area contributed by atoms with E-state index in [1.54, 1.807) is 13.8 Å². The van der Waals surface area contributed by atoms with Gasteiger partial charge in [-0.25, -0.2) is 13.1 Å². The number of hydrogen-bond acceptors (Lipinski definition) is 6. The number of nitrogens with one attached hydrogen (secondary N) is 1. The van der Waals surface area contributed by atoms with Crippen molar-refractivity contribution >= 4 is 22.0 Å². The Balaban J connectivity index is 4.42. The van der Waals surface area contributed by atoms with Gasteiger partial charge in [0, 0.05) is 6.42 Å². The summed E-state index contributed by atoms with van der Waals surface area (Å²) in [6.45, 7) is 3.49. The predicted molar refractivity (Wildman–Crippen MR) is 70.7 cm³/mol. The number of carbonyl (C=O) groups is 2. The molecule has 8 nitrogen and oxygen atoms in total. The molecule has 0 rings (SSSR count). The summed E-state index contributed by atoms with van der Waals surface area (Å²) in [4.78, 5) is 21.9. The van der Waals surface area contributed by atoms with Gasteiger partial charge in [-0.15, -0.1) is 0 Å². The van der Waals surface area contributed by atoms with Crippen LogP contribution in [0.25, 0.3) is 0 Å². The zero-order chi connectivity index (χ0) is 15.8. The Kier molecular flexibility index (Phi) is 8.35. The summed E-state index contributed by atoms with van der Waals surface area (Å²) in [5, 5.41) is 8.93. The lowest BCUT2D eigenvalue weighted by atomic mass is 10.2. The summed E-state index contributed by atoms with van der Waals surface area (Å²) in [5.41, 5.74) is 0. The van der Waals surface area contributed by atoms with Gasteiger partial charge < -0.3 is 14.6 Å². The van der Waals surface area contributed by atoms with Crippen LogP contribution in [0.1, 0.15) is 26.7 Å². The third kappa shape index (κ3) is 8.83. The van der Waals surface area contributed by atoms with E-state index in [1.807, 2.05) is 4.72 Å². The van der Waals surface area contributed by atoms with Crippen molar-refractivity contribution in [3.8, 4) is 0 Å². The Morgan fingerprint density at radius 1 is 1.30 bits per heavy atom. The summed E-state index contributed by atoms with van der Waals surface area (Å²) in [6, 6.07) is -1.36. The van der Waals surface area contributed by atoms with Gasteiger partial charge in [0.25, 0.3) is 0 Å². The number of carboxylic acids is 1. The molecule has 0 aliphatic carbocycles. The normalized spacial score (nSPS) is 13.2. The highest BCUT2D eigenvalue weighted by atomic mass is 32.2. The first-order valence-electron chi connectivity index (χ1n) is 6.09. The number of aliphatic carboxylic acids is 1. The zero-order valence-electron chi connectivity index (χ0n) is 11.8. The zero-order valence-corrected chi connectivity index (χ0v) is 12.6. The molecule has 1 atom stereocenters. The second-order valence-electron chi connectivity index (χ2n) is 4.36. The van der Waals surface area contributed by atoms with Crippen LogP contribution in [0.5, 0.6) is 0 Å². The molecule has 0 aromatic heterocycles. The quantitative estimate of drug-likeness (QED) is 0.533. The summed E-state index contributed by atoms with van der Waals surface area (Å²) >= 11 is 0. The maximum atomic E-state index is 11.7. The van der Waals surface area contributed by atoms with Gasteiger partial charge in [-0.1, -0.05) is 0 Å². The molecule has 0 saturated heterocycles. The fraction of sp³-hybridized carbons (Fsp3) is 0.818. The number of carbonyl (C=O) groups excluding carboxylic acids is 1. The highest BCUT2D eigenvalue weighted by Crippen LogP contribution is 2.02. The van der Waals surface area contributed by atoms with Gasteiger partial charge in [0.05, 0.1) is 25.6 Å². The van der Waals surface area contributed by atoms with Crippen LogP contribution in [0.4, 0.5) is 0 Å². The monoisotopic (exact) mass is 311 g/mol. The van der Waals surface area contributed by atoms with Crippen molar-refractivity contribution in [2.75, 3.05) is 19.5 Å². The van der Waals surface area contributed by atoms with Crippen molar-refractivity contribution in [1.82, 2.24) is 4.72 Å². The van der Waals surface area contributed by atoms with Crippen molar-refractivity contribution in [1.29, 1.82) is 0 Å². The van der Waals surface area contributed by atoms with Crippen LogP contribution in [0.15, 0.2) is 0 Å². The first kappa shape index (κ1) is 18.8. The highest BCUT2D eigenvalue weighted by Gasteiger charge is 2.24. The minimum atomic E-state index is -3.78. The van der Waals surface area contributed by atoms with Crippen LogP contribution in [0.3, 0.4) is 0 Å². The summed E-state index contributed by atoms with van der Waals surface area (Å²) in [6.07, 6.45) is -0.468. The number of methoxy groups -OCH3 is 1. The van der Waals surface area contributed by atoms with E-state index < -0.39 is 28.0 Å².